The first-order valence-electron chi connectivity index (χ1n) is 8.55. The van der Waals surface area contributed by atoms with Gasteiger partial charge in [0.05, 0.1) is 16.6 Å². The number of rotatable bonds is 5. The van der Waals surface area contributed by atoms with Gasteiger partial charge in [0.15, 0.2) is 0 Å². The highest BCUT2D eigenvalue weighted by Crippen LogP contribution is 2.33. The van der Waals surface area contributed by atoms with Crippen molar-refractivity contribution < 1.29 is 9.53 Å². The summed E-state index contributed by atoms with van der Waals surface area (Å²) in [5.74, 6) is -0.246. The van der Waals surface area contributed by atoms with Crippen molar-refractivity contribution in [2.24, 2.45) is 0 Å². The maximum absolute atomic E-state index is 12.7. The molecule has 4 rings (SSSR count). The lowest BCUT2D eigenvalue weighted by atomic mass is 10.2. The van der Waals surface area contributed by atoms with E-state index in [1.807, 2.05) is 18.2 Å². The molecule has 0 bridgehead atoms. The maximum atomic E-state index is 12.7. The minimum absolute atomic E-state index is 0.145. The van der Waals surface area contributed by atoms with Crippen LogP contribution in [0.5, 0.6) is 0 Å². The van der Waals surface area contributed by atoms with Crippen LogP contribution in [0, 0.1) is 11.3 Å². The number of nitrogens with zero attached hydrogens (tertiary/aromatic N) is 2. The number of fused-ring (bicyclic) bond motifs is 1. The Labute approximate surface area is 173 Å². The fourth-order valence-corrected chi connectivity index (χ4v) is 4.43. The van der Waals surface area contributed by atoms with Crippen molar-refractivity contribution in [1.82, 2.24) is 9.97 Å². The van der Waals surface area contributed by atoms with Crippen LogP contribution >= 0.6 is 23.1 Å². The number of hydrogen-bond acceptors (Lipinski definition) is 7. The molecule has 0 radical (unpaired) electrons. The summed E-state index contributed by atoms with van der Waals surface area (Å²) in [6, 6.07) is 18.1. The summed E-state index contributed by atoms with van der Waals surface area (Å²) < 4.78 is 5.92. The number of nitrogens with one attached hydrogen (secondary N) is 1. The molecule has 0 aliphatic heterocycles. The van der Waals surface area contributed by atoms with Crippen molar-refractivity contribution in [3.8, 4) is 6.07 Å². The Bertz CT molecular complexity index is 1300. The van der Waals surface area contributed by atoms with E-state index in [0.29, 0.717) is 26.2 Å². The van der Waals surface area contributed by atoms with Gasteiger partial charge in [-0.15, -0.1) is 11.3 Å². The van der Waals surface area contributed by atoms with Gasteiger partial charge >= 0.3 is 5.97 Å². The van der Waals surface area contributed by atoms with Gasteiger partial charge in [-0.05, 0) is 35.7 Å². The number of esters is 1. The zero-order valence-corrected chi connectivity index (χ0v) is 16.5. The smallest absolute Gasteiger partial charge is 0.339 e. The molecule has 6 nitrogen and oxygen atoms in total. The molecule has 2 heterocycles. The summed E-state index contributed by atoms with van der Waals surface area (Å²) in [5.41, 5.74) is 1.24. The van der Waals surface area contributed by atoms with Gasteiger partial charge in [-0.3, -0.25) is 4.79 Å². The summed E-state index contributed by atoms with van der Waals surface area (Å²) in [5, 5.41) is 11.1. The number of ether oxygens (including phenoxy) is 1. The second kappa shape index (κ2) is 8.31. The second-order valence-corrected chi connectivity index (χ2v) is 7.93. The van der Waals surface area contributed by atoms with Crippen LogP contribution in [0.1, 0.15) is 21.7 Å². The van der Waals surface area contributed by atoms with Crippen LogP contribution in [0.15, 0.2) is 74.6 Å². The maximum Gasteiger partial charge on any atom is 0.339 e. The number of benzene rings is 2. The van der Waals surface area contributed by atoms with Crippen LogP contribution in [0.2, 0.25) is 0 Å². The van der Waals surface area contributed by atoms with Crippen LogP contribution in [0.25, 0.3) is 10.2 Å². The predicted octanol–water partition coefficient (Wildman–Crippen LogP) is 4.36. The third-order valence-corrected chi connectivity index (χ3v) is 6.09. The Hall–Kier alpha value is -3.41. The average Bonchev–Trinajstić information content (AvgIpc) is 3.22. The highest BCUT2D eigenvalue weighted by Gasteiger charge is 2.16. The zero-order chi connectivity index (χ0) is 20.2. The third kappa shape index (κ3) is 4.06. The van der Waals surface area contributed by atoms with E-state index in [4.69, 9.17) is 4.74 Å². The van der Waals surface area contributed by atoms with Crippen molar-refractivity contribution in [2.45, 2.75) is 16.4 Å². The monoisotopic (exact) mass is 419 g/mol. The molecule has 0 amide bonds. The molecule has 1 N–H and O–H groups in total. The number of nitriles is 1. The van der Waals surface area contributed by atoms with Crippen LogP contribution in [-0.2, 0) is 11.3 Å². The molecule has 142 valence electrons. The van der Waals surface area contributed by atoms with Gasteiger partial charge in [0, 0.05) is 9.79 Å². The first kappa shape index (κ1) is 18.9. The number of H-pyrrole nitrogens is 1. The lowest BCUT2D eigenvalue weighted by molar-refractivity contribution is 0.0458. The zero-order valence-electron chi connectivity index (χ0n) is 14.9. The molecule has 2 aromatic heterocycles. The molecule has 8 heteroatoms. The highest BCUT2D eigenvalue weighted by molar-refractivity contribution is 7.99. The number of thiophene rings is 1. The molecule has 29 heavy (non-hydrogen) atoms. The van der Waals surface area contributed by atoms with Crippen molar-refractivity contribution in [3.63, 3.8) is 0 Å². The minimum atomic E-state index is -0.532. The summed E-state index contributed by atoms with van der Waals surface area (Å²) in [7, 11) is 0. The SMILES string of the molecule is N#Cc1ccccc1Sc1ccccc1C(=O)OCc1nc2ccsc2c(=O)[nH]1. The lowest BCUT2D eigenvalue weighted by Crippen LogP contribution is -2.13. The number of aromatic nitrogens is 2. The van der Waals surface area contributed by atoms with Crippen molar-refractivity contribution in [2.75, 3.05) is 0 Å². The minimum Gasteiger partial charge on any atom is -0.454 e. The molecular weight excluding hydrogens is 406 g/mol. The molecule has 0 aliphatic rings. The Morgan fingerprint density at radius 1 is 1.14 bits per heavy atom. The van der Waals surface area contributed by atoms with Gasteiger partial charge in [-0.2, -0.15) is 5.26 Å². The summed E-state index contributed by atoms with van der Waals surface area (Å²) in [4.78, 5) is 33.1. The molecule has 0 fully saturated rings. The molecule has 2 aromatic carbocycles. The lowest BCUT2D eigenvalue weighted by Gasteiger charge is -2.10. The molecule has 0 saturated heterocycles. The van der Waals surface area contributed by atoms with Crippen molar-refractivity contribution in [1.29, 1.82) is 5.26 Å². The van der Waals surface area contributed by atoms with Gasteiger partial charge in [0.2, 0.25) is 0 Å². The topological polar surface area (TPSA) is 95.8 Å². The van der Waals surface area contributed by atoms with E-state index in [0.717, 1.165) is 4.90 Å². The van der Waals surface area contributed by atoms with Gasteiger partial charge < -0.3 is 9.72 Å². The average molecular weight is 419 g/mol. The summed E-state index contributed by atoms with van der Waals surface area (Å²) in [6.45, 7) is -0.145. The van der Waals surface area contributed by atoms with E-state index in [9.17, 15) is 14.9 Å². The van der Waals surface area contributed by atoms with Crippen molar-refractivity contribution in [3.05, 3.63) is 87.3 Å². The van der Waals surface area contributed by atoms with Gasteiger partial charge in [0.1, 0.15) is 23.2 Å². The molecule has 0 atom stereocenters. The van der Waals surface area contributed by atoms with Gasteiger partial charge in [0.25, 0.3) is 5.56 Å². The first-order valence-corrected chi connectivity index (χ1v) is 10.2. The number of hydrogen-bond donors (Lipinski definition) is 1. The second-order valence-electron chi connectivity index (χ2n) is 5.93. The quantitative estimate of drug-likeness (QED) is 0.483. The molecule has 0 aliphatic carbocycles. The van der Waals surface area contributed by atoms with E-state index in [2.05, 4.69) is 16.0 Å². The van der Waals surface area contributed by atoms with Crippen LogP contribution < -0.4 is 5.56 Å². The number of carbonyl (C=O) groups is 1. The van der Waals surface area contributed by atoms with E-state index >= 15 is 0 Å². The number of carbonyl (C=O) groups excluding carboxylic acids is 1. The van der Waals surface area contributed by atoms with E-state index < -0.39 is 5.97 Å². The number of aromatic amines is 1. The van der Waals surface area contributed by atoms with Gasteiger partial charge in [-0.25, -0.2) is 9.78 Å². The van der Waals surface area contributed by atoms with Crippen LogP contribution in [0.4, 0.5) is 0 Å². The predicted molar refractivity (Wildman–Crippen MR) is 111 cm³/mol. The van der Waals surface area contributed by atoms with Crippen LogP contribution in [-0.4, -0.2) is 15.9 Å². The largest absolute Gasteiger partial charge is 0.454 e. The molecule has 4 aromatic rings. The molecular formula is C21H13N3O3S2. The van der Waals surface area contributed by atoms with E-state index in [1.165, 1.54) is 23.1 Å². The van der Waals surface area contributed by atoms with E-state index in [-0.39, 0.29) is 18.0 Å². The first-order chi connectivity index (χ1) is 14.2. The normalized spacial score (nSPS) is 10.6. The van der Waals surface area contributed by atoms with Crippen LogP contribution in [0.3, 0.4) is 0 Å². The summed E-state index contributed by atoms with van der Waals surface area (Å²) >= 11 is 2.64. The Kier molecular flexibility index (Phi) is 5.42. The Morgan fingerprint density at radius 2 is 1.90 bits per heavy atom. The highest BCUT2D eigenvalue weighted by atomic mass is 32.2. The van der Waals surface area contributed by atoms with Gasteiger partial charge in [-0.1, -0.05) is 36.0 Å². The van der Waals surface area contributed by atoms with E-state index in [1.54, 1.807) is 41.8 Å². The Balaban J connectivity index is 1.54. The standard InChI is InChI=1S/C21H13N3O3S2/c22-11-13-5-1-3-7-16(13)29-17-8-4-2-6-14(17)21(26)27-12-18-23-15-9-10-28-19(15)20(25)24-18/h1-10H,12H2,(H,23,24,25). The molecule has 0 unspecified atom stereocenters. The third-order valence-electron chi connectivity index (χ3n) is 4.04. The fourth-order valence-electron chi connectivity index (χ4n) is 2.69. The Morgan fingerprint density at radius 3 is 2.72 bits per heavy atom. The molecule has 0 saturated carbocycles. The summed E-state index contributed by atoms with van der Waals surface area (Å²) in [6.07, 6.45) is 0. The van der Waals surface area contributed by atoms with Crippen molar-refractivity contribution >= 4 is 39.3 Å². The fraction of sp³-hybridized carbons (Fsp3) is 0.0476. The molecule has 0 spiro atoms.